The number of benzene rings is 2. The van der Waals surface area contributed by atoms with E-state index >= 15 is 0 Å². The number of hydrogen-bond acceptors (Lipinski definition) is 9. The van der Waals surface area contributed by atoms with E-state index in [9.17, 15) is 8.42 Å². The topological polar surface area (TPSA) is 143 Å². The number of nitrogens with one attached hydrogen (secondary N) is 2. The first-order valence-corrected chi connectivity index (χ1v) is 13.3. The quantitative estimate of drug-likeness (QED) is 0.249. The number of aromatic nitrogens is 4. The lowest BCUT2D eigenvalue weighted by Gasteiger charge is -2.11. The second kappa shape index (κ2) is 11.2. The Morgan fingerprint density at radius 2 is 1.77 bits per heavy atom. The first-order chi connectivity index (χ1) is 18.9. The number of pyridine rings is 2. The Hall–Kier alpha value is -5.03. The Labute approximate surface area is 225 Å². The lowest BCUT2D eigenvalue weighted by atomic mass is 10.1. The third kappa shape index (κ3) is 5.94. The number of rotatable bonds is 9. The summed E-state index contributed by atoms with van der Waals surface area (Å²) in [6.07, 6.45) is 10.8. The van der Waals surface area contributed by atoms with Crippen molar-refractivity contribution in [2.24, 2.45) is 4.99 Å². The molecule has 11 heteroatoms. The molecule has 0 amide bonds. The molecule has 1 atom stereocenters. The Morgan fingerprint density at radius 3 is 2.51 bits per heavy atom. The summed E-state index contributed by atoms with van der Waals surface area (Å²) in [5.74, 6) is 0.669. The van der Waals surface area contributed by atoms with Crippen molar-refractivity contribution in [3.05, 3.63) is 97.3 Å². The zero-order valence-electron chi connectivity index (χ0n) is 20.8. The molecule has 0 saturated heterocycles. The summed E-state index contributed by atoms with van der Waals surface area (Å²) in [5.41, 5.74) is 3.74. The predicted octanol–water partition coefficient (Wildman–Crippen LogP) is 5.11. The van der Waals surface area contributed by atoms with Crippen LogP contribution in [0.4, 0.5) is 5.69 Å². The largest absolute Gasteiger partial charge is 0.456 e. The van der Waals surface area contributed by atoms with Crippen LogP contribution in [0.25, 0.3) is 22.2 Å². The highest BCUT2D eigenvalue weighted by Crippen LogP contribution is 2.27. The molecule has 1 unspecified atom stereocenters. The van der Waals surface area contributed by atoms with Gasteiger partial charge < -0.3 is 10.1 Å². The summed E-state index contributed by atoms with van der Waals surface area (Å²) >= 11 is 0. The van der Waals surface area contributed by atoms with Gasteiger partial charge >= 0.3 is 0 Å². The van der Waals surface area contributed by atoms with Crippen LogP contribution in [0.1, 0.15) is 11.6 Å². The average molecular weight is 538 g/mol. The number of sulfonamides is 1. The zero-order chi connectivity index (χ0) is 27.2. The molecule has 0 fully saturated rings. The molecule has 2 aromatic carbocycles. The summed E-state index contributed by atoms with van der Waals surface area (Å²) in [4.78, 5) is 21.4. The predicted molar refractivity (Wildman–Crippen MR) is 150 cm³/mol. The van der Waals surface area contributed by atoms with E-state index in [0.717, 1.165) is 5.56 Å². The van der Waals surface area contributed by atoms with Gasteiger partial charge in [-0.05, 0) is 60.2 Å². The van der Waals surface area contributed by atoms with Gasteiger partial charge in [0, 0.05) is 37.4 Å². The van der Waals surface area contributed by atoms with Crippen molar-refractivity contribution in [2.45, 2.75) is 10.8 Å². The maximum absolute atomic E-state index is 13.0. The average Bonchev–Trinajstić information content (AvgIpc) is 2.96. The van der Waals surface area contributed by atoms with Gasteiger partial charge in [0.05, 0.1) is 51.8 Å². The summed E-state index contributed by atoms with van der Waals surface area (Å²) in [6.45, 7) is 0. The fourth-order valence-corrected chi connectivity index (χ4v) is 4.86. The number of anilines is 1. The molecular formula is C28H23N7O3S. The van der Waals surface area contributed by atoms with Gasteiger partial charge in [-0.3, -0.25) is 24.7 Å². The molecule has 0 aliphatic rings. The number of hydrogen-bond donors (Lipinski definition) is 2. The highest BCUT2D eigenvalue weighted by atomic mass is 32.2. The lowest BCUT2D eigenvalue weighted by Crippen LogP contribution is -2.13. The van der Waals surface area contributed by atoms with Crippen molar-refractivity contribution in [1.82, 2.24) is 19.9 Å². The molecule has 0 saturated carbocycles. The van der Waals surface area contributed by atoms with Crippen LogP contribution in [0.15, 0.2) is 102 Å². The normalized spacial score (nSPS) is 12.3. The molecular weight excluding hydrogens is 514 g/mol. The van der Waals surface area contributed by atoms with E-state index in [4.69, 9.17) is 10.1 Å². The van der Waals surface area contributed by atoms with Gasteiger partial charge in [-0.15, -0.1) is 0 Å². The molecule has 3 aromatic heterocycles. The fraction of sp³-hybridized carbons (Fsp3) is 0.0714. The summed E-state index contributed by atoms with van der Waals surface area (Å²) in [5, 5.41) is 7.64. The SMILES string of the molecule is CN=CC(C=N)c1cnc2ccc(-c3cncc(NS(=O)(=O)c4ccc(Oc5cccnc5)cc4)c3)cc2n1. The van der Waals surface area contributed by atoms with Crippen molar-refractivity contribution in [3.63, 3.8) is 0 Å². The summed E-state index contributed by atoms with van der Waals surface area (Å²) < 4.78 is 34.4. The van der Waals surface area contributed by atoms with Gasteiger partial charge in [0.2, 0.25) is 0 Å². The van der Waals surface area contributed by atoms with Crippen LogP contribution in [0.5, 0.6) is 11.5 Å². The first-order valence-electron chi connectivity index (χ1n) is 11.8. The second-order valence-electron chi connectivity index (χ2n) is 8.43. The molecule has 194 valence electrons. The van der Waals surface area contributed by atoms with Gasteiger partial charge in [-0.1, -0.05) is 6.07 Å². The van der Waals surface area contributed by atoms with Gasteiger partial charge in [0.1, 0.15) is 11.5 Å². The van der Waals surface area contributed by atoms with Crippen molar-refractivity contribution in [1.29, 1.82) is 5.41 Å². The maximum atomic E-state index is 13.0. The second-order valence-corrected chi connectivity index (χ2v) is 10.1. The molecule has 0 radical (unpaired) electrons. The van der Waals surface area contributed by atoms with Crippen LogP contribution < -0.4 is 9.46 Å². The van der Waals surface area contributed by atoms with Crippen LogP contribution in [0, 0.1) is 5.41 Å². The van der Waals surface area contributed by atoms with Crippen molar-refractivity contribution in [3.8, 4) is 22.6 Å². The van der Waals surface area contributed by atoms with Crippen LogP contribution in [-0.4, -0.2) is 47.8 Å². The van der Waals surface area contributed by atoms with Crippen molar-refractivity contribution >= 4 is 39.2 Å². The van der Waals surface area contributed by atoms with E-state index in [-0.39, 0.29) is 10.8 Å². The Balaban J connectivity index is 1.37. The number of ether oxygens (including phenoxy) is 1. The molecule has 10 nitrogen and oxygen atoms in total. The highest BCUT2D eigenvalue weighted by molar-refractivity contribution is 7.92. The molecule has 2 N–H and O–H groups in total. The van der Waals surface area contributed by atoms with E-state index in [1.807, 2.05) is 18.2 Å². The molecule has 0 bridgehead atoms. The number of aliphatic imine (C=N–C) groups is 1. The first kappa shape index (κ1) is 25.6. The Bertz CT molecular complexity index is 1760. The van der Waals surface area contributed by atoms with E-state index in [2.05, 4.69) is 29.7 Å². The van der Waals surface area contributed by atoms with Crippen molar-refractivity contribution < 1.29 is 13.2 Å². The minimum absolute atomic E-state index is 0.0799. The fourth-order valence-electron chi connectivity index (χ4n) is 3.83. The molecule has 0 aliphatic carbocycles. The molecule has 5 aromatic rings. The highest BCUT2D eigenvalue weighted by Gasteiger charge is 2.16. The number of fused-ring (bicyclic) bond motifs is 1. The smallest absolute Gasteiger partial charge is 0.261 e. The van der Waals surface area contributed by atoms with Crippen LogP contribution in [-0.2, 0) is 10.0 Å². The van der Waals surface area contributed by atoms with Gasteiger partial charge in [0.15, 0.2) is 0 Å². The van der Waals surface area contributed by atoms with Gasteiger partial charge in [-0.2, -0.15) is 0 Å². The van der Waals surface area contributed by atoms with Gasteiger partial charge in [-0.25, -0.2) is 13.4 Å². The van der Waals surface area contributed by atoms with E-state index < -0.39 is 10.0 Å². The van der Waals surface area contributed by atoms with Crippen LogP contribution in [0.3, 0.4) is 0 Å². The maximum Gasteiger partial charge on any atom is 0.261 e. The van der Waals surface area contributed by atoms with E-state index in [1.165, 1.54) is 24.5 Å². The molecule has 39 heavy (non-hydrogen) atoms. The Morgan fingerprint density at radius 1 is 0.923 bits per heavy atom. The van der Waals surface area contributed by atoms with E-state index in [0.29, 0.717) is 39.5 Å². The summed E-state index contributed by atoms with van der Waals surface area (Å²) in [6, 6.07) is 16.9. The van der Waals surface area contributed by atoms with Gasteiger partial charge in [0.25, 0.3) is 10.0 Å². The third-order valence-corrected chi connectivity index (χ3v) is 7.12. The summed E-state index contributed by atoms with van der Waals surface area (Å²) in [7, 11) is -2.23. The molecule has 3 heterocycles. The molecule has 5 rings (SSSR count). The van der Waals surface area contributed by atoms with Crippen LogP contribution in [0.2, 0.25) is 0 Å². The third-order valence-electron chi connectivity index (χ3n) is 5.72. The standard InChI is InChI=1S/C28H23N7O3S/c1-30-14-21(13-29)28-18-33-26-9-4-19(12-27(26)34-28)20-11-22(16-32-15-20)35-39(36,37)25-7-5-23(6-8-25)38-24-3-2-10-31-17-24/h2-18,21,29,35H,1H3. The minimum atomic E-state index is -3.87. The van der Waals surface area contributed by atoms with E-state index in [1.54, 1.807) is 68.4 Å². The molecule has 0 aliphatic heterocycles. The minimum Gasteiger partial charge on any atom is -0.456 e. The lowest BCUT2D eigenvalue weighted by molar-refractivity contribution is 0.480. The zero-order valence-corrected chi connectivity index (χ0v) is 21.6. The number of nitrogens with zero attached hydrogens (tertiary/aromatic N) is 5. The van der Waals surface area contributed by atoms with Crippen molar-refractivity contribution in [2.75, 3.05) is 11.8 Å². The molecule has 0 spiro atoms. The monoisotopic (exact) mass is 537 g/mol. The van der Waals surface area contributed by atoms with Crippen LogP contribution >= 0.6 is 0 Å². The Kier molecular flexibility index (Phi) is 7.32.